The Hall–Kier alpha value is -4.92. The third-order valence-electron chi connectivity index (χ3n) is 9.89. The van der Waals surface area contributed by atoms with Gasteiger partial charge in [-0.15, -0.1) is 11.3 Å². The zero-order valence-electron chi connectivity index (χ0n) is 30.1. The number of fused-ring (bicyclic) bond motifs is 1. The van der Waals surface area contributed by atoms with E-state index in [9.17, 15) is 0 Å². The molecule has 0 N–H and O–H groups in total. The number of benzene rings is 6. The van der Waals surface area contributed by atoms with Crippen LogP contribution in [0.4, 0.5) is 0 Å². The molecule has 1 aromatic heterocycles. The lowest BCUT2D eigenvalue weighted by Gasteiger charge is -2.46. The smallest absolute Gasteiger partial charge is 0.117 e. The molecule has 6 aromatic carbocycles. The Balaban J connectivity index is 1.18. The Morgan fingerprint density at radius 1 is 0.481 bits per heavy atom. The van der Waals surface area contributed by atoms with Gasteiger partial charge in [0.15, 0.2) is 0 Å². The van der Waals surface area contributed by atoms with Crippen molar-refractivity contribution in [1.29, 1.82) is 0 Å². The van der Waals surface area contributed by atoms with Crippen molar-refractivity contribution in [2.45, 2.75) is 56.9 Å². The number of rotatable bonds is 15. The monoisotopic (exact) mass is 732 g/mol. The highest BCUT2D eigenvalue weighted by molar-refractivity contribution is 7.17. The Labute approximate surface area is 321 Å². The summed E-state index contributed by atoms with van der Waals surface area (Å²) in [6.07, 6.45) is -2.42. The van der Waals surface area contributed by atoms with Crippen molar-refractivity contribution >= 4 is 21.4 Å². The SMILES string of the molecule is c1ccc(COC[C@H]2O[C@@H](c3cccc(-c4csc5ccccc45)c3)[C@H](OCc3ccccc3)[C@@H](OCc3ccccc3)[C@@H]2OCc2ccccc2)cc1. The molecule has 0 aliphatic carbocycles. The molecule has 7 aromatic rings. The summed E-state index contributed by atoms with van der Waals surface area (Å²) in [6, 6.07) is 58.3. The van der Waals surface area contributed by atoms with Gasteiger partial charge in [0, 0.05) is 15.6 Å². The molecule has 272 valence electrons. The van der Waals surface area contributed by atoms with Crippen LogP contribution < -0.4 is 0 Å². The number of ether oxygens (including phenoxy) is 5. The van der Waals surface area contributed by atoms with E-state index in [1.165, 1.54) is 15.6 Å². The maximum absolute atomic E-state index is 7.20. The molecule has 1 aliphatic heterocycles. The highest BCUT2D eigenvalue weighted by Gasteiger charge is 2.49. The third-order valence-corrected chi connectivity index (χ3v) is 10.9. The van der Waals surface area contributed by atoms with Gasteiger partial charge in [-0.3, -0.25) is 0 Å². The summed E-state index contributed by atoms with van der Waals surface area (Å²) in [7, 11) is 0. The first-order valence-electron chi connectivity index (χ1n) is 18.6. The molecule has 0 unspecified atom stereocenters. The van der Waals surface area contributed by atoms with E-state index in [0.29, 0.717) is 33.0 Å². The minimum Gasteiger partial charge on any atom is -0.374 e. The van der Waals surface area contributed by atoms with E-state index in [1.807, 2.05) is 72.8 Å². The van der Waals surface area contributed by atoms with Gasteiger partial charge in [0.2, 0.25) is 0 Å². The summed E-state index contributed by atoms with van der Waals surface area (Å²) >= 11 is 1.76. The normalized spacial score (nSPS) is 19.9. The zero-order chi connectivity index (χ0) is 36.4. The van der Waals surface area contributed by atoms with E-state index in [4.69, 9.17) is 23.7 Å². The van der Waals surface area contributed by atoms with Crippen molar-refractivity contribution in [3.05, 3.63) is 203 Å². The molecule has 0 amide bonds. The second-order valence-corrected chi connectivity index (χ2v) is 14.6. The van der Waals surface area contributed by atoms with Gasteiger partial charge in [0.05, 0.1) is 33.0 Å². The summed E-state index contributed by atoms with van der Waals surface area (Å²) < 4.78 is 35.7. The van der Waals surface area contributed by atoms with Gasteiger partial charge < -0.3 is 23.7 Å². The lowest BCUT2D eigenvalue weighted by Crippen LogP contribution is -2.58. The van der Waals surface area contributed by atoms with Crippen LogP contribution in [0.1, 0.15) is 33.9 Å². The zero-order valence-corrected chi connectivity index (χ0v) is 30.9. The topological polar surface area (TPSA) is 46.2 Å². The van der Waals surface area contributed by atoms with Gasteiger partial charge in [0.25, 0.3) is 0 Å². The van der Waals surface area contributed by atoms with E-state index in [0.717, 1.165) is 33.4 Å². The lowest BCUT2D eigenvalue weighted by molar-refractivity contribution is -0.275. The van der Waals surface area contributed by atoms with Crippen molar-refractivity contribution in [2.75, 3.05) is 6.61 Å². The van der Waals surface area contributed by atoms with Gasteiger partial charge >= 0.3 is 0 Å². The highest BCUT2D eigenvalue weighted by atomic mass is 32.1. The number of hydrogen-bond acceptors (Lipinski definition) is 6. The number of hydrogen-bond donors (Lipinski definition) is 0. The molecule has 0 spiro atoms. The van der Waals surface area contributed by atoms with Crippen LogP contribution in [-0.4, -0.2) is 31.0 Å². The molecule has 5 nitrogen and oxygen atoms in total. The van der Waals surface area contributed by atoms with Crippen LogP contribution in [-0.2, 0) is 50.1 Å². The van der Waals surface area contributed by atoms with Crippen LogP contribution in [0.3, 0.4) is 0 Å². The fourth-order valence-electron chi connectivity index (χ4n) is 7.14. The number of thiophene rings is 1. The van der Waals surface area contributed by atoms with Gasteiger partial charge in [-0.1, -0.05) is 158 Å². The molecule has 6 heteroatoms. The van der Waals surface area contributed by atoms with Crippen molar-refractivity contribution in [2.24, 2.45) is 0 Å². The fourth-order valence-corrected chi connectivity index (χ4v) is 8.11. The Bertz CT molecular complexity index is 2170. The van der Waals surface area contributed by atoms with E-state index in [1.54, 1.807) is 11.3 Å². The van der Waals surface area contributed by atoms with Crippen LogP contribution in [0.15, 0.2) is 175 Å². The summed E-state index contributed by atoms with van der Waals surface area (Å²) in [5.41, 5.74) is 7.68. The fraction of sp³-hybridized carbons (Fsp3) is 0.208. The second-order valence-electron chi connectivity index (χ2n) is 13.7. The molecule has 1 fully saturated rings. The second kappa shape index (κ2) is 17.9. The van der Waals surface area contributed by atoms with Gasteiger partial charge in [-0.05, 0) is 50.9 Å². The molecule has 1 saturated heterocycles. The van der Waals surface area contributed by atoms with Crippen molar-refractivity contribution in [1.82, 2.24) is 0 Å². The van der Waals surface area contributed by atoms with E-state index < -0.39 is 30.5 Å². The standard InChI is InChI=1S/C48H44O5S/c1-5-16-35(17-6-1)29-49-33-43-46(50-30-36-18-7-2-8-19-36)48(52-32-38-22-11-4-12-23-38)47(51-31-37-20-9-3-10-21-37)45(53-43)40-25-15-24-39(28-40)42-34-54-44-27-14-13-26-41(42)44/h1-28,34,43,45-48H,29-33H2/t43-,45+,46-,47+,48+/m1/s1. The average Bonchev–Trinajstić information content (AvgIpc) is 3.68. The van der Waals surface area contributed by atoms with Crippen LogP contribution >= 0.6 is 11.3 Å². The van der Waals surface area contributed by atoms with Crippen LogP contribution in [0, 0.1) is 0 Å². The third kappa shape index (κ3) is 8.88. The van der Waals surface area contributed by atoms with Crippen molar-refractivity contribution in [3.8, 4) is 11.1 Å². The highest BCUT2D eigenvalue weighted by Crippen LogP contribution is 2.41. The summed E-state index contributed by atoms with van der Waals surface area (Å²) in [6.45, 7) is 1.96. The van der Waals surface area contributed by atoms with Crippen molar-refractivity contribution < 1.29 is 23.7 Å². The molecular weight excluding hydrogens is 689 g/mol. The lowest BCUT2D eigenvalue weighted by atomic mass is 9.89. The molecule has 5 atom stereocenters. The van der Waals surface area contributed by atoms with E-state index in [-0.39, 0.29) is 0 Å². The van der Waals surface area contributed by atoms with E-state index >= 15 is 0 Å². The van der Waals surface area contributed by atoms with Crippen molar-refractivity contribution in [3.63, 3.8) is 0 Å². The molecule has 1 aliphatic rings. The Morgan fingerprint density at radius 2 is 1.00 bits per heavy atom. The van der Waals surface area contributed by atoms with Gasteiger partial charge in [-0.25, -0.2) is 0 Å². The van der Waals surface area contributed by atoms with Gasteiger partial charge in [-0.2, -0.15) is 0 Å². The molecule has 0 saturated carbocycles. The summed E-state index contributed by atoms with van der Waals surface area (Å²) in [4.78, 5) is 0. The first-order valence-corrected chi connectivity index (χ1v) is 19.5. The quantitative estimate of drug-likeness (QED) is 0.105. The molecule has 2 heterocycles. The Morgan fingerprint density at radius 3 is 1.61 bits per heavy atom. The average molecular weight is 733 g/mol. The predicted molar refractivity (Wildman–Crippen MR) is 216 cm³/mol. The van der Waals surface area contributed by atoms with Crippen LogP contribution in [0.2, 0.25) is 0 Å². The van der Waals surface area contributed by atoms with Crippen LogP contribution in [0.5, 0.6) is 0 Å². The largest absolute Gasteiger partial charge is 0.374 e. The van der Waals surface area contributed by atoms with Crippen LogP contribution in [0.25, 0.3) is 21.2 Å². The Kier molecular flexibility index (Phi) is 12.0. The maximum atomic E-state index is 7.20. The predicted octanol–water partition coefficient (Wildman–Crippen LogP) is 11.0. The molecule has 8 rings (SSSR count). The molecular formula is C48H44O5S. The minimum atomic E-state index is -0.505. The van der Waals surface area contributed by atoms with Gasteiger partial charge in [0.1, 0.15) is 30.5 Å². The van der Waals surface area contributed by atoms with E-state index in [2.05, 4.69) is 102 Å². The molecule has 0 bridgehead atoms. The summed E-state index contributed by atoms with van der Waals surface area (Å²) in [5.74, 6) is 0. The first-order chi connectivity index (χ1) is 26.8. The first kappa shape index (κ1) is 36.1. The molecule has 0 radical (unpaired) electrons. The maximum Gasteiger partial charge on any atom is 0.117 e. The summed E-state index contributed by atoms with van der Waals surface area (Å²) in [5, 5.41) is 3.49. The molecule has 54 heavy (non-hydrogen) atoms. The minimum absolute atomic E-state index is 0.316.